The van der Waals surface area contributed by atoms with Gasteiger partial charge in [-0.1, -0.05) is 6.08 Å². The predicted molar refractivity (Wildman–Crippen MR) is 71.5 cm³/mol. The molecule has 1 aromatic heterocycles. The smallest absolute Gasteiger partial charge is 0.330 e. The number of aryl methyl sites for hydroxylation is 1. The highest BCUT2D eigenvalue weighted by Gasteiger charge is 2.14. The predicted octanol–water partition coefficient (Wildman–Crippen LogP) is 0.866. The van der Waals surface area contributed by atoms with Gasteiger partial charge in [0.25, 0.3) is 5.91 Å². The molecule has 0 saturated heterocycles. The lowest BCUT2D eigenvalue weighted by Crippen LogP contribution is -2.25. The molecule has 1 aromatic rings. The summed E-state index contributed by atoms with van der Waals surface area (Å²) in [6.07, 6.45) is 6.19. The summed E-state index contributed by atoms with van der Waals surface area (Å²) in [4.78, 5) is 26.8. The van der Waals surface area contributed by atoms with Crippen LogP contribution in [0.4, 0.5) is 0 Å². The molecule has 0 spiro atoms. The summed E-state index contributed by atoms with van der Waals surface area (Å²) in [5.74, 6) is 0.00887. The average molecular weight is 276 g/mol. The largest absolute Gasteiger partial charge is 0.492 e. The van der Waals surface area contributed by atoms with Crippen molar-refractivity contribution in [2.24, 2.45) is 0 Å². The van der Waals surface area contributed by atoms with Crippen molar-refractivity contribution in [3.63, 3.8) is 0 Å². The fourth-order valence-corrected chi connectivity index (χ4v) is 1.84. The molecule has 2 heterocycles. The number of ether oxygens (including phenoxy) is 2. The first-order chi connectivity index (χ1) is 9.70. The van der Waals surface area contributed by atoms with Crippen LogP contribution in [0, 0.1) is 0 Å². The number of fused-ring (bicyclic) bond motifs is 1. The zero-order chi connectivity index (χ0) is 14.4. The Labute approximate surface area is 116 Å². The second kappa shape index (κ2) is 6.70. The molecule has 0 aliphatic carbocycles. The summed E-state index contributed by atoms with van der Waals surface area (Å²) in [6.45, 7) is 0.932. The van der Waals surface area contributed by atoms with Crippen molar-refractivity contribution in [1.29, 1.82) is 0 Å². The van der Waals surface area contributed by atoms with Gasteiger partial charge in [-0.25, -0.2) is 9.78 Å². The number of nitrogens with one attached hydrogen (secondary N) is 1. The molecule has 2 rings (SSSR count). The SMILES string of the molecule is COC(=O)/C=C/CNC(=O)c1cc2c(cn1)OCCC2. The molecule has 6 heteroatoms. The first kappa shape index (κ1) is 14.0. The number of carbonyl (C=O) groups is 2. The molecule has 1 aliphatic heterocycles. The van der Waals surface area contributed by atoms with E-state index in [9.17, 15) is 9.59 Å². The first-order valence-corrected chi connectivity index (χ1v) is 6.35. The van der Waals surface area contributed by atoms with Crippen LogP contribution >= 0.6 is 0 Å². The second-order valence-electron chi connectivity index (χ2n) is 4.26. The van der Waals surface area contributed by atoms with Gasteiger partial charge >= 0.3 is 5.97 Å². The van der Waals surface area contributed by atoms with E-state index in [1.54, 1.807) is 12.3 Å². The molecule has 0 saturated carbocycles. The lowest BCUT2D eigenvalue weighted by atomic mass is 10.1. The number of nitrogens with zero attached hydrogens (tertiary/aromatic N) is 1. The maximum absolute atomic E-state index is 11.9. The number of esters is 1. The molecule has 20 heavy (non-hydrogen) atoms. The number of methoxy groups -OCH3 is 1. The highest BCUT2D eigenvalue weighted by molar-refractivity contribution is 5.92. The first-order valence-electron chi connectivity index (χ1n) is 6.35. The Morgan fingerprint density at radius 2 is 2.40 bits per heavy atom. The molecule has 0 radical (unpaired) electrons. The van der Waals surface area contributed by atoms with Crippen molar-refractivity contribution in [2.45, 2.75) is 12.8 Å². The lowest BCUT2D eigenvalue weighted by molar-refractivity contribution is -0.134. The number of carbonyl (C=O) groups excluding carboxylic acids is 2. The van der Waals surface area contributed by atoms with E-state index in [2.05, 4.69) is 15.0 Å². The molecule has 0 atom stereocenters. The summed E-state index contributed by atoms with van der Waals surface area (Å²) in [6, 6.07) is 1.74. The van der Waals surface area contributed by atoms with Gasteiger partial charge < -0.3 is 14.8 Å². The van der Waals surface area contributed by atoms with E-state index in [0.717, 1.165) is 24.2 Å². The Balaban J connectivity index is 1.92. The van der Waals surface area contributed by atoms with Gasteiger partial charge in [0.05, 0.1) is 19.9 Å². The fraction of sp³-hybridized carbons (Fsp3) is 0.357. The van der Waals surface area contributed by atoms with E-state index in [4.69, 9.17) is 4.74 Å². The van der Waals surface area contributed by atoms with Crippen molar-refractivity contribution in [2.75, 3.05) is 20.3 Å². The molecular formula is C14H16N2O4. The molecule has 1 aliphatic rings. The van der Waals surface area contributed by atoms with Crippen LogP contribution in [-0.4, -0.2) is 37.1 Å². The molecule has 0 unspecified atom stereocenters. The van der Waals surface area contributed by atoms with Crippen molar-refractivity contribution in [3.05, 3.63) is 35.7 Å². The minimum atomic E-state index is -0.455. The van der Waals surface area contributed by atoms with Crippen LogP contribution < -0.4 is 10.1 Å². The Morgan fingerprint density at radius 3 is 3.20 bits per heavy atom. The molecule has 106 valence electrons. The Kier molecular flexibility index (Phi) is 4.70. The fourth-order valence-electron chi connectivity index (χ4n) is 1.84. The third-order valence-corrected chi connectivity index (χ3v) is 2.86. The van der Waals surface area contributed by atoms with Crippen molar-refractivity contribution >= 4 is 11.9 Å². The van der Waals surface area contributed by atoms with Crippen LogP contribution in [0.15, 0.2) is 24.4 Å². The molecule has 1 amide bonds. The summed E-state index contributed by atoms with van der Waals surface area (Å²) in [7, 11) is 1.30. The van der Waals surface area contributed by atoms with E-state index >= 15 is 0 Å². The monoisotopic (exact) mass is 276 g/mol. The van der Waals surface area contributed by atoms with Crippen LogP contribution in [0.2, 0.25) is 0 Å². The molecular weight excluding hydrogens is 260 g/mol. The summed E-state index contributed by atoms with van der Waals surface area (Å²) in [5, 5.41) is 2.65. The molecule has 0 bridgehead atoms. The van der Waals surface area contributed by atoms with Gasteiger partial charge in [0.1, 0.15) is 11.4 Å². The number of aromatic nitrogens is 1. The van der Waals surface area contributed by atoms with Gasteiger partial charge in [0.2, 0.25) is 0 Å². The third-order valence-electron chi connectivity index (χ3n) is 2.86. The standard InChI is InChI=1S/C14H16N2O4/c1-19-13(17)5-2-6-15-14(18)11-8-10-4-3-7-20-12(10)9-16-11/h2,5,8-9H,3-4,6-7H2,1H3,(H,15,18)/b5-2+. The van der Waals surface area contributed by atoms with E-state index in [-0.39, 0.29) is 12.5 Å². The van der Waals surface area contributed by atoms with Crippen LogP contribution in [0.3, 0.4) is 0 Å². The summed E-state index contributed by atoms with van der Waals surface area (Å²) in [5.41, 5.74) is 1.35. The minimum absolute atomic E-state index is 0.239. The summed E-state index contributed by atoms with van der Waals surface area (Å²) >= 11 is 0. The molecule has 1 N–H and O–H groups in total. The Morgan fingerprint density at radius 1 is 1.55 bits per heavy atom. The normalized spacial score (nSPS) is 13.4. The van der Waals surface area contributed by atoms with Gasteiger partial charge in [-0.05, 0) is 24.5 Å². The number of pyridine rings is 1. The van der Waals surface area contributed by atoms with Crippen molar-refractivity contribution in [3.8, 4) is 5.75 Å². The molecule has 6 nitrogen and oxygen atoms in total. The zero-order valence-corrected chi connectivity index (χ0v) is 11.2. The average Bonchev–Trinajstić information content (AvgIpc) is 2.50. The highest BCUT2D eigenvalue weighted by atomic mass is 16.5. The zero-order valence-electron chi connectivity index (χ0n) is 11.2. The summed E-state index contributed by atoms with van der Waals surface area (Å²) < 4.78 is 9.88. The molecule has 0 aromatic carbocycles. The van der Waals surface area contributed by atoms with E-state index in [1.165, 1.54) is 19.3 Å². The number of hydrogen-bond acceptors (Lipinski definition) is 5. The van der Waals surface area contributed by atoms with Crippen LogP contribution in [0.1, 0.15) is 22.5 Å². The number of amides is 1. The van der Waals surface area contributed by atoms with Crippen LogP contribution in [0.25, 0.3) is 0 Å². The maximum atomic E-state index is 11.9. The van der Waals surface area contributed by atoms with E-state index in [0.29, 0.717) is 12.3 Å². The maximum Gasteiger partial charge on any atom is 0.330 e. The van der Waals surface area contributed by atoms with Gasteiger partial charge in [0.15, 0.2) is 0 Å². The van der Waals surface area contributed by atoms with Crippen molar-refractivity contribution < 1.29 is 19.1 Å². The van der Waals surface area contributed by atoms with Crippen LogP contribution in [0.5, 0.6) is 5.75 Å². The van der Waals surface area contributed by atoms with E-state index < -0.39 is 5.97 Å². The third kappa shape index (κ3) is 3.57. The van der Waals surface area contributed by atoms with Crippen LogP contribution in [-0.2, 0) is 16.0 Å². The lowest BCUT2D eigenvalue weighted by Gasteiger charge is -2.16. The Bertz CT molecular complexity index is 540. The number of hydrogen-bond donors (Lipinski definition) is 1. The van der Waals surface area contributed by atoms with Gasteiger partial charge in [0, 0.05) is 12.6 Å². The number of rotatable bonds is 4. The van der Waals surface area contributed by atoms with Gasteiger partial charge in [-0.15, -0.1) is 0 Å². The Hall–Kier alpha value is -2.37. The quantitative estimate of drug-likeness (QED) is 0.652. The van der Waals surface area contributed by atoms with Crippen molar-refractivity contribution in [1.82, 2.24) is 10.3 Å². The van der Waals surface area contributed by atoms with E-state index in [1.807, 2.05) is 0 Å². The highest BCUT2D eigenvalue weighted by Crippen LogP contribution is 2.23. The topological polar surface area (TPSA) is 77.5 Å². The minimum Gasteiger partial charge on any atom is -0.492 e. The second-order valence-corrected chi connectivity index (χ2v) is 4.26. The molecule has 0 fully saturated rings. The van der Waals surface area contributed by atoms with Gasteiger partial charge in [-0.2, -0.15) is 0 Å². The van der Waals surface area contributed by atoms with Gasteiger partial charge in [-0.3, -0.25) is 4.79 Å².